The summed E-state index contributed by atoms with van der Waals surface area (Å²) in [5.74, 6) is 0.0852. The van der Waals surface area contributed by atoms with Gasteiger partial charge in [0.25, 0.3) is 5.91 Å². The summed E-state index contributed by atoms with van der Waals surface area (Å²) in [7, 11) is 0. The average molecular weight is 277 g/mol. The van der Waals surface area contributed by atoms with Crippen LogP contribution in [0, 0.1) is 0 Å². The van der Waals surface area contributed by atoms with E-state index in [1.165, 1.54) is 0 Å². The van der Waals surface area contributed by atoms with Crippen molar-refractivity contribution in [2.45, 2.75) is 6.54 Å². The zero-order chi connectivity index (χ0) is 14.7. The van der Waals surface area contributed by atoms with E-state index in [2.05, 4.69) is 5.32 Å². The summed E-state index contributed by atoms with van der Waals surface area (Å²) < 4.78 is 0. The standard InChI is InChI=1S/C18H15NO2/c20-15-8-3-5-13(11-15)12-19-18(21)17-10-4-7-14-6-1-2-9-16(14)17/h1-11,20H,12H2,(H,19,21). The lowest BCUT2D eigenvalue weighted by atomic mass is 10.0. The van der Waals surface area contributed by atoms with E-state index in [0.717, 1.165) is 16.3 Å². The normalized spacial score (nSPS) is 10.5. The van der Waals surface area contributed by atoms with Crippen LogP contribution >= 0.6 is 0 Å². The third-order valence-electron chi connectivity index (χ3n) is 3.40. The van der Waals surface area contributed by atoms with Crippen molar-refractivity contribution in [3.63, 3.8) is 0 Å². The molecule has 0 heterocycles. The topological polar surface area (TPSA) is 49.3 Å². The molecule has 0 unspecified atom stereocenters. The van der Waals surface area contributed by atoms with Gasteiger partial charge in [0.2, 0.25) is 0 Å². The first-order valence-electron chi connectivity index (χ1n) is 6.78. The highest BCUT2D eigenvalue weighted by molar-refractivity contribution is 6.06. The number of carbonyl (C=O) groups excluding carboxylic acids is 1. The number of amides is 1. The Kier molecular flexibility index (Phi) is 3.56. The van der Waals surface area contributed by atoms with Gasteiger partial charge >= 0.3 is 0 Å². The summed E-state index contributed by atoms with van der Waals surface area (Å²) in [4.78, 5) is 12.3. The molecule has 0 aliphatic heterocycles. The molecule has 0 saturated carbocycles. The molecule has 0 spiro atoms. The molecule has 1 amide bonds. The number of benzene rings is 3. The molecule has 0 atom stereocenters. The highest BCUT2D eigenvalue weighted by Gasteiger charge is 2.09. The van der Waals surface area contributed by atoms with Gasteiger partial charge in [-0.1, -0.05) is 48.5 Å². The second-order valence-corrected chi connectivity index (χ2v) is 4.88. The molecule has 0 aliphatic rings. The minimum absolute atomic E-state index is 0.116. The van der Waals surface area contributed by atoms with E-state index in [0.29, 0.717) is 12.1 Å². The summed E-state index contributed by atoms with van der Waals surface area (Å²) in [6.45, 7) is 0.385. The lowest BCUT2D eigenvalue weighted by Gasteiger charge is -2.08. The van der Waals surface area contributed by atoms with Crippen LogP contribution in [0.1, 0.15) is 15.9 Å². The summed E-state index contributed by atoms with van der Waals surface area (Å²) in [5.41, 5.74) is 1.52. The Morgan fingerprint density at radius 1 is 0.952 bits per heavy atom. The number of hydrogen-bond donors (Lipinski definition) is 2. The summed E-state index contributed by atoms with van der Waals surface area (Å²) >= 11 is 0. The molecule has 0 aliphatic carbocycles. The number of hydrogen-bond acceptors (Lipinski definition) is 2. The van der Waals surface area contributed by atoms with Crippen LogP contribution in [0.25, 0.3) is 10.8 Å². The fourth-order valence-corrected chi connectivity index (χ4v) is 2.37. The Bertz CT molecular complexity index is 791. The van der Waals surface area contributed by atoms with E-state index < -0.39 is 0 Å². The largest absolute Gasteiger partial charge is 0.508 e. The fraction of sp³-hybridized carbons (Fsp3) is 0.0556. The smallest absolute Gasteiger partial charge is 0.252 e. The number of aromatic hydroxyl groups is 1. The zero-order valence-corrected chi connectivity index (χ0v) is 11.4. The summed E-state index contributed by atoms with van der Waals surface area (Å²) in [6.07, 6.45) is 0. The molecule has 0 radical (unpaired) electrons. The number of phenols is 1. The maximum Gasteiger partial charge on any atom is 0.252 e. The number of fused-ring (bicyclic) bond motifs is 1. The van der Waals surface area contributed by atoms with Crippen LogP contribution in [-0.4, -0.2) is 11.0 Å². The summed E-state index contributed by atoms with van der Waals surface area (Å²) in [6, 6.07) is 20.4. The third kappa shape index (κ3) is 2.87. The van der Waals surface area contributed by atoms with Gasteiger partial charge in [-0.25, -0.2) is 0 Å². The van der Waals surface area contributed by atoms with Crippen molar-refractivity contribution >= 4 is 16.7 Å². The van der Waals surface area contributed by atoms with Crippen LogP contribution in [0.3, 0.4) is 0 Å². The molecule has 2 N–H and O–H groups in total. The van der Waals surface area contributed by atoms with Crippen LogP contribution in [0.15, 0.2) is 66.7 Å². The number of carbonyl (C=O) groups is 1. The molecule has 104 valence electrons. The van der Waals surface area contributed by atoms with Crippen molar-refractivity contribution in [1.29, 1.82) is 0 Å². The Balaban J connectivity index is 1.81. The lowest BCUT2D eigenvalue weighted by molar-refractivity contribution is 0.0952. The molecule has 3 rings (SSSR count). The maximum absolute atomic E-state index is 12.3. The molecule has 3 heteroatoms. The molecule has 3 aromatic carbocycles. The molecular formula is C18H15NO2. The number of phenolic OH excluding ortho intramolecular Hbond substituents is 1. The van der Waals surface area contributed by atoms with Gasteiger partial charge in [0, 0.05) is 12.1 Å². The first-order chi connectivity index (χ1) is 10.2. The Hall–Kier alpha value is -2.81. The van der Waals surface area contributed by atoms with E-state index in [1.807, 2.05) is 48.5 Å². The van der Waals surface area contributed by atoms with Crippen LogP contribution in [0.2, 0.25) is 0 Å². The predicted octanol–water partition coefficient (Wildman–Crippen LogP) is 3.48. The highest BCUT2D eigenvalue weighted by atomic mass is 16.3. The second kappa shape index (κ2) is 5.67. The molecule has 0 saturated heterocycles. The van der Waals surface area contributed by atoms with Crippen LogP contribution in [-0.2, 0) is 6.54 Å². The first kappa shape index (κ1) is 13.2. The van der Waals surface area contributed by atoms with Gasteiger partial charge < -0.3 is 10.4 Å². The van der Waals surface area contributed by atoms with E-state index in [4.69, 9.17) is 0 Å². The van der Waals surface area contributed by atoms with Crippen molar-refractivity contribution in [3.05, 3.63) is 77.9 Å². The van der Waals surface area contributed by atoms with Gasteiger partial charge in [0.1, 0.15) is 5.75 Å². The van der Waals surface area contributed by atoms with E-state index in [9.17, 15) is 9.90 Å². The van der Waals surface area contributed by atoms with Crippen LogP contribution in [0.5, 0.6) is 5.75 Å². The predicted molar refractivity (Wildman–Crippen MR) is 83.2 cm³/mol. The van der Waals surface area contributed by atoms with E-state index in [-0.39, 0.29) is 11.7 Å². The van der Waals surface area contributed by atoms with E-state index in [1.54, 1.807) is 18.2 Å². The molecule has 0 bridgehead atoms. The number of rotatable bonds is 3. The molecule has 0 fully saturated rings. The monoisotopic (exact) mass is 277 g/mol. The molecule has 3 aromatic rings. The zero-order valence-electron chi connectivity index (χ0n) is 11.4. The highest BCUT2D eigenvalue weighted by Crippen LogP contribution is 2.18. The van der Waals surface area contributed by atoms with Gasteiger partial charge in [0.15, 0.2) is 0 Å². The van der Waals surface area contributed by atoms with Gasteiger partial charge in [-0.2, -0.15) is 0 Å². The van der Waals surface area contributed by atoms with Crippen molar-refractivity contribution < 1.29 is 9.90 Å². The minimum Gasteiger partial charge on any atom is -0.508 e. The first-order valence-corrected chi connectivity index (χ1v) is 6.78. The summed E-state index contributed by atoms with van der Waals surface area (Å²) in [5, 5.41) is 14.3. The SMILES string of the molecule is O=C(NCc1cccc(O)c1)c1cccc2ccccc12. The molecule has 3 nitrogen and oxygen atoms in total. The van der Waals surface area contributed by atoms with Crippen LogP contribution < -0.4 is 5.32 Å². The Morgan fingerprint density at radius 3 is 2.57 bits per heavy atom. The van der Waals surface area contributed by atoms with Crippen LogP contribution in [0.4, 0.5) is 0 Å². The van der Waals surface area contributed by atoms with Gasteiger partial charge in [-0.05, 0) is 34.5 Å². The molecule has 21 heavy (non-hydrogen) atoms. The third-order valence-corrected chi connectivity index (χ3v) is 3.40. The number of nitrogens with one attached hydrogen (secondary N) is 1. The van der Waals surface area contributed by atoms with Crippen molar-refractivity contribution in [3.8, 4) is 5.75 Å². The van der Waals surface area contributed by atoms with E-state index >= 15 is 0 Å². The minimum atomic E-state index is -0.116. The van der Waals surface area contributed by atoms with Gasteiger partial charge in [-0.15, -0.1) is 0 Å². The Morgan fingerprint density at radius 2 is 1.71 bits per heavy atom. The lowest BCUT2D eigenvalue weighted by Crippen LogP contribution is -2.22. The van der Waals surface area contributed by atoms with Crippen molar-refractivity contribution in [2.24, 2.45) is 0 Å². The van der Waals surface area contributed by atoms with Gasteiger partial charge in [-0.3, -0.25) is 4.79 Å². The second-order valence-electron chi connectivity index (χ2n) is 4.88. The van der Waals surface area contributed by atoms with Crippen molar-refractivity contribution in [2.75, 3.05) is 0 Å². The Labute approximate surface area is 122 Å². The maximum atomic E-state index is 12.3. The molecular weight excluding hydrogens is 262 g/mol. The fourth-order valence-electron chi connectivity index (χ4n) is 2.37. The van der Waals surface area contributed by atoms with Gasteiger partial charge in [0.05, 0.1) is 0 Å². The molecule has 0 aromatic heterocycles. The van der Waals surface area contributed by atoms with Crippen molar-refractivity contribution in [1.82, 2.24) is 5.32 Å². The average Bonchev–Trinajstić information content (AvgIpc) is 2.52. The quantitative estimate of drug-likeness (QED) is 0.770.